The van der Waals surface area contributed by atoms with Gasteiger partial charge in [-0.15, -0.1) is 12.6 Å². The number of benzene rings is 1. The molecule has 0 fully saturated rings. The number of unbranched alkanes of at least 4 members (excludes halogenated alkanes) is 2. The third-order valence-corrected chi connectivity index (χ3v) is 3.85. The van der Waals surface area contributed by atoms with Crippen LogP contribution in [0.2, 0.25) is 0 Å². The molecule has 4 heteroatoms. The molecule has 1 aromatic carbocycles. The Kier molecular flexibility index (Phi) is 8.90. The molecule has 0 unspecified atom stereocenters. The van der Waals surface area contributed by atoms with Crippen LogP contribution in [-0.4, -0.2) is 27.4 Å². The fourth-order valence-electron chi connectivity index (χ4n) is 2.16. The van der Waals surface area contributed by atoms with E-state index in [1.165, 1.54) is 0 Å². The first kappa shape index (κ1) is 17.5. The highest BCUT2D eigenvalue weighted by Gasteiger charge is 2.10. The summed E-state index contributed by atoms with van der Waals surface area (Å²) in [6.45, 7) is 1.48. The second-order valence-electron chi connectivity index (χ2n) is 4.95. The van der Waals surface area contributed by atoms with Gasteiger partial charge < -0.3 is 9.47 Å². The second-order valence-corrected chi connectivity index (χ2v) is 5.39. The molecule has 0 amide bonds. The summed E-state index contributed by atoms with van der Waals surface area (Å²) in [6.07, 6.45) is 5.47. The quantitative estimate of drug-likeness (QED) is 0.519. The number of rotatable bonds is 10. The Balaban J connectivity index is 2.52. The van der Waals surface area contributed by atoms with Crippen LogP contribution < -0.4 is 0 Å². The summed E-state index contributed by atoms with van der Waals surface area (Å²) >= 11 is 4.34. The molecule has 1 rings (SSSR count). The maximum Gasteiger partial charge on any atom is 0.139 e. The Morgan fingerprint density at radius 3 is 1.95 bits per heavy atom. The van der Waals surface area contributed by atoms with Gasteiger partial charge in [0, 0.05) is 32.3 Å². The van der Waals surface area contributed by atoms with E-state index in [1.54, 1.807) is 14.2 Å². The van der Waals surface area contributed by atoms with Crippen LogP contribution >= 0.6 is 12.6 Å². The fourth-order valence-corrected chi connectivity index (χ4v) is 2.49. The van der Waals surface area contributed by atoms with E-state index in [1.807, 2.05) is 12.1 Å². The molecule has 0 bridgehead atoms. The normalized spacial score (nSPS) is 11.0. The van der Waals surface area contributed by atoms with E-state index >= 15 is 0 Å². The van der Waals surface area contributed by atoms with E-state index in [0.717, 1.165) is 62.9 Å². The van der Waals surface area contributed by atoms with Crippen LogP contribution in [0.15, 0.2) is 17.0 Å². The number of hydrogen-bond acceptors (Lipinski definition) is 3. The van der Waals surface area contributed by atoms with Crippen LogP contribution in [0.3, 0.4) is 0 Å². The van der Waals surface area contributed by atoms with Crippen molar-refractivity contribution in [1.82, 2.24) is 0 Å². The lowest BCUT2D eigenvalue weighted by Crippen LogP contribution is -1.99. The third-order valence-electron chi connectivity index (χ3n) is 3.37. The van der Waals surface area contributed by atoms with Gasteiger partial charge in [0.15, 0.2) is 0 Å². The lowest BCUT2D eigenvalue weighted by atomic mass is 10.0. The highest BCUT2D eigenvalue weighted by Crippen LogP contribution is 2.24. The van der Waals surface area contributed by atoms with E-state index in [9.17, 15) is 4.39 Å². The van der Waals surface area contributed by atoms with Gasteiger partial charge in [-0.2, -0.15) is 0 Å². The zero-order valence-electron chi connectivity index (χ0n) is 12.5. The first-order chi connectivity index (χ1) is 9.70. The van der Waals surface area contributed by atoms with Crippen LogP contribution in [0, 0.1) is 5.82 Å². The number of thiol groups is 1. The summed E-state index contributed by atoms with van der Waals surface area (Å²) in [6, 6.07) is 3.90. The van der Waals surface area contributed by atoms with Gasteiger partial charge in [0.1, 0.15) is 5.82 Å². The summed E-state index contributed by atoms with van der Waals surface area (Å²) in [7, 11) is 3.38. The van der Waals surface area contributed by atoms with Crippen LogP contribution in [0.1, 0.15) is 36.8 Å². The monoisotopic (exact) mass is 300 g/mol. The molecule has 0 heterocycles. The minimum absolute atomic E-state index is 0.157. The number of methoxy groups -OCH3 is 2. The largest absolute Gasteiger partial charge is 0.385 e. The van der Waals surface area contributed by atoms with Gasteiger partial charge in [0.2, 0.25) is 0 Å². The number of halogens is 1. The molecule has 20 heavy (non-hydrogen) atoms. The molecule has 0 spiro atoms. The van der Waals surface area contributed by atoms with Crippen LogP contribution in [-0.2, 0) is 22.3 Å². The summed E-state index contributed by atoms with van der Waals surface area (Å²) in [4.78, 5) is 0.506. The van der Waals surface area contributed by atoms with Crippen LogP contribution in [0.4, 0.5) is 4.39 Å². The van der Waals surface area contributed by atoms with Crippen molar-refractivity contribution in [3.63, 3.8) is 0 Å². The molecule has 0 aromatic heterocycles. The zero-order valence-corrected chi connectivity index (χ0v) is 13.3. The van der Waals surface area contributed by atoms with Crippen molar-refractivity contribution in [1.29, 1.82) is 0 Å². The molecule has 0 aliphatic rings. The lowest BCUT2D eigenvalue weighted by Gasteiger charge is -2.10. The van der Waals surface area contributed by atoms with Crippen molar-refractivity contribution in [2.45, 2.75) is 43.4 Å². The van der Waals surface area contributed by atoms with Crippen LogP contribution in [0.25, 0.3) is 0 Å². The average Bonchev–Trinajstić information content (AvgIpc) is 2.46. The topological polar surface area (TPSA) is 18.5 Å². The minimum Gasteiger partial charge on any atom is -0.385 e. The summed E-state index contributed by atoms with van der Waals surface area (Å²) in [5.41, 5.74) is 1.74. The van der Waals surface area contributed by atoms with Gasteiger partial charge >= 0.3 is 0 Å². The molecule has 0 atom stereocenters. The molecule has 114 valence electrons. The van der Waals surface area contributed by atoms with Gasteiger partial charge in [-0.05, 0) is 49.7 Å². The predicted molar refractivity (Wildman–Crippen MR) is 83.3 cm³/mol. The Morgan fingerprint density at radius 2 is 1.40 bits per heavy atom. The van der Waals surface area contributed by atoms with Gasteiger partial charge in [0.25, 0.3) is 0 Å². The Bertz CT molecular complexity index is 359. The maximum absolute atomic E-state index is 14.2. The van der Waals surface area contributed by atoms with Crippen molar-refractivity contribution in [3.8, 4) is 0 Å². The molecule has 0 saturated heterocycles. The van der Waals surface area contributed by atoms with Crippen molar-refractivity contribution in [2.24, 2.45) is 0 Å². The Morgan fingerprint density at radius 1 is 0.900 bits per heavy atom. The predicted octanol–water partition coefficient (Wildman–Crippen LogP) is 4.05. The SMILES string of the molecule is COCCCCc1ccc(CCCCOC)c(S)c1F. The average molecular weight is 300 g/mol. The minimum atomic E-state index is -0.157. The van der Waals surface area contributed by atoms with E-state index in [4.69, 9.17) is 9.47 Å². The standard InChI is InChI=1S/C16H25FO2S/c1-18-11-5-3-7-13-9-10-14(16(20)15(13)17)8-4-6-12-19-2/h9-10,20H,3-8,11-12H2,1-2H3. The van der Waals surface area contributed by atoms with E-state index in [-0.39, 0.29) is 5.82 Å². The lowest BCUT2D eigenvalue weighted by molar-refractivity contribution is 0.192. The summed E-state index contributed by atoms with van der Waals surface area (Å²) in [5.74, 6) is -0.157. The summed E-state index contributed by atoms with van der Waals surface area (Å²) in [5, 5.41) is 0. The number of ether oxygens (including phenoxy) is 2. The molecule has 0 N–H and O–H groups in total. The highest BCUT2D eigenvalue weighted by molar-refractivity contribution is 7.80. The van der Waals surface area contributed by atoms with Gasteiger partial charge in [0.05, 0.1) is 0 Å². The van der Waals surface area contributed by atoms with Crippen LogP contribution in [0.5, 0.6) is 0 Å². The number of aryl methyl sites for hydroxylation is 2. The summed E-state index contributed by atoms with van der Waals surface area (Å²) < 4.78 is 24.2. The smallest absolute Gasteiger partial charge is 0.139 e. The highest BCUT2D eigenvalue weighted by atomic mass is 32.1. The molecule has 1 aromatic rings. The Hall–Kier alpha value is -0.580. The van der Waals surface area contributed by atoms with Crippen molar-refractivity contribution in [2.75, 3.05) is 27.4 Å². The van der Waals surface area contributed by atoms with Crippen molar-refractivity contribution < 1.29 is 13.9 Å². The van der Waals surface area contributed by atoms with E-state index in [2.05, 4.69) is 12.6 Å². The molecule has 0 saturated carbocycles. The van der Waals surface area contributed by atoms with E-state index in [0.29, 0.717) is 4.90 Å². The van der Waals surface area contributed by atoms with Gasteiger partial charge in [-0.3, -0.25) is 0 Å². The molecule has 0 radical (unpaired) electrons. The second kappa shape index (κ2) is 10.2. The molecule has 2 nitrogen and oxygen atoms in total. The Labute approximate surface area is 127 Å². The van der Waals surface area contributed by atoms with Gasteiger partial charge in [-0.1, -0.05) is 12.1 Å². The molecule has 0 aliphatic carbocycles. The first-order valence-electron chi connectivity index (χ1n) is 7.17. The fraction of sp³-hybridized carbons (Fsp3) is 0.625. The molecule has 0 aliphatic heterocycles. The maximum atomic E-state index is 14.2. The zero-order chi connectivity index (χ0) is 14.8. The molecular weight excluding hydrogens is 275 g/mol. The number of hydrogen-bond donors (Lipinski definition) is 1. The van der Waals surface area contributed by atoms with Crippen molar-refractivity contribution in [3.05, 3.63) is 29.1 Å². The van der Waals surface area contributed by atoms with Gasteiger partial charge in [-0.25, -0.2) is 4.39 Å². The van der Waals surface area contributed by atoms with E-state index < -0.39 is 0 Å². The molecular formula is C16H25FO2S. The third kappa shape index (κ3) is 5.81. The van der Waals surface area contributed by atoms with Crippen molar-refractivity contribution >= 4 is 12.6 Å². The first-order valence-corrected chi connectivity index (χ1v) is 7.62.